The van der Waals surface area contributed by atoms with Gasteiger partial charge in [-0.15, -0.1) is 204 Å². The highest BCUT2D eigenvalue weighted by Gasteiger charge is 2.45. The Morgan fingerprint density at radius 1 is 0.127 bits per heavy atom. The van der Waals surface area contributed by atoms with Crippen LogP contribution in [0.3, 0.4) is 0 Å². The van der Waals surface area contributed by atoms with Crippen LogP contribution in [0.15, 0.2) is 218 Å². The number of hydrogen-bond acceptors (Lipinski definition) is 18. The summed E-state index contributed by atoms with van der Waals surface area (Å²) in [5.41, 5.74) is 0. The summed E-state index contributed by atoms with van der Waals surface area (Å²) in [6.07, 6.45) is 38.2. The number of thiophene rings is 18. The van der Waals surface area contributed by atoms with Crippen LogP contribution in [-0.2, 0) is 38.5 Å². The quantitative estimate of drug-likeness (QED) is 0.0263. The van der Waals surface area contributed by atoms with Crippen LogP contribution in [0.5, 0.6) is 0 Å². The highest BCUT2D eigenvalue weighted by atomic mass is 32.2. The van der Waals surface area contributed by atoms with Gasteiger partial charge in [0.15, 0.2) is 32.3 Å². The van der Waals surface area contributed by atoms with Crippen molar-refractivity contribution in [2.75, 3.05) is 0 Å². The monoisotopic (exact) mass is 2160 g/mol. The molecular formula is C112H126S18Si4. The molecule has 0 saturated carbocycles. The maximum absolute atomic E-state index is 2.74. The second-order valence-corrected chi connectivity index (χ2v) is 76.8. The number of aryl methyl sites for hydroxylation is 6. The van der Waals surface area contributed by atoms with Crippen LogP contribution < -0.4 is 54.0 Å². The SMILES string of the molecule is CCCCCCc1ccc(-c2ccc([Si](C)(c3ccc(-c4ccc(CCCCCC)s4)s3)c3ccc(-c4ccc([Si](C)(c5ccc(-c6ccc([Si](C)(c7ccc(-c8ccc(CCCCCC)s8)s7)c7ccc(-c8ccc(CCCCCC)s8)s7)s6)s5)c5ccc(-c6ccc([Si](C)(c7ccc(-c8ccc(CCCCCC)s8)s7)c7ccc(-c8ccc(CCCCCC)s8)s7)s6)s5)s4)s3)s2)s1. The second kappa shape index (κ2) is 46.7. The van der Waals surface area contributed by atoms with Gasteiger partial charge in [0.2, 0.25) is 0 Å². The smallest absolute Gasteiger partial charge is 0.143 e. The van der Waals surface area contributed by atoms with Gasteiger partial charge < -0.3 is 0 Å². The van der Waals surface area contributed by atoms with Crippen LogP contribution in [-0.4, -0.2) is 32.3 Å². The van der Waals surface area contributed by atoms with Crippen LogP contribution in [0.25, 0.3) is 87.8 Å². The minimum Gasteiger partial charge on any atom is -0.143 e. The zero-order chi connectivity index (χ0) is 92.2. The first kappa shape index (κ1) is 99.6. The van der Waals surface area contributed by atoms with Gasteiger partial charge in [-0.25, -0.2) is 0 Å². The lowest BCUT2D eigenvalue weighted by Crippen LogP contribution is -2.62. The molecule has 22 heteroatoms. The Balaban J connectivity index is 0.712. The molecule has 0 N–H and O–H groups in total. The van der Waals surface area contributed by atoms with Gasteiger partial charge in [-0.1, -0.05) is 256 Å². The van der Waals surface area contributed by atoms with Gasteiger partial charge in [-0.3, -0.25) is 0 Å². The van der Waals surface area contributed by atoms with Crippen LogP contribution in [0.2, 0.25) is 26.2 Å². The fraction of sp³-hybridized carbons (Fsp3) is 0.357. The van der Waals surface area contributed by atoms with E-state index in [0.29, 0.717) is 0 Å². The molecule has 0 nitrogen and oxygen atoms in total. The molecule has 0 radical (unpaired) electrons. The van der Waals surface area contributed by atoms with Crippen molar-refractivity contribution >= 4 is 290 Å². The predicted molar refractivity (Wildman–Crippen MR) is 638 cm³/mol. The zero-order valence-corrected chi connectivity index (χ0v) is 98.0. The number of rotatable bonds is 51. The molecule has 0 bridgehead atoms. The van der Waals surface area contributed by atoms with Crippen molar-refractivity contribution in [2.24, 2.45) is 0 Å². The standard InChI is InChI=1S/C112H126S18Si4/c1-11-17-23-29-35-77-41-47-83(113-77)89-53-65-101(119-89)131(7,102-66-54-90(120-102)84-48-42-78(114-84)36-30-24-18-12-2)107-71-59-95(125-107)98-62-74-110(128-98)134(10,111-75-63-99(129-111)96-60-72-108(126-96)132(8,103-67-55-91(121-103)85-49-43-79(115-85)37-31-25-19-13-3)104-68-56-92(122-104)86-50-44-80(116-86)38-32-26-20-14-4)112-76-64-100(130-112)97-61-73-109(127-97)133(9,105-69-57-93(123-105)87-51-45-81(117-87)39-33-27-21-15-5)106-70-58-94(124-106)88-52-46-82(118-88)40-34-28-22-16-6/h41-76H,11-40H2,1-10H3. The summed E-state index contributed by atoms with van der Waals surface area (Å²) >= 11 is 37.2. The van der Waals surface area contributed by atoms with Gasteiger partial charge in [0.05, 0.1) is 0 Å². The summed E-state index contributed by atoms with van der Waals surface area (Å²) in [5, 5.41) is 0. The van der Waals surface area contributed by atoms with Crippen molar-refractivity contribution in [1.29, 1.82) is 0 Å². The van der Waals surface area contributed by atoms with Crippen molar-refractivity contribution in [3.8, 4) is 87.8 Å². The van der Waals surface area contributed by atoms with Crippen LogP contribution in [0, 0.1) is 0 Å². The third-order valence-electron chi connectivity index (χ3n) is 27.0. The lowest BCUT2D eigenvalue weighted by molar-refractivity contribution is 0.670. The van der Waals surface area contributed by atoms with E-state index in [2.05, 4.69) is 422 Å². The van der Waals surface area contributed by atoms with E-state index in [4.69, 9.17) is 0 Å². The second-order valence-electron chi connectivity index (χ2n) is 36.9. The van der Waals surface area contributed by atoms with E-state index in [-0.39, 0.29) is 0 Å². The zero-order valence-electron chi connectivity index (χ0n) is 79.3. The fourth-order valence-electron chi connectivity index (χ4n) is 18.5. The lowest BCUT2D eigenvalue weighted by atomic mass is 10.1. The molecule has 0 atom stereocenters. The Bertz CT molecular complexity index is 5830. The Kier molecular flexibility index (Phi) is 34.7. The summed E-state index contributed by atoms with van der Waals surface area (Å²) in [4.78, 5) is 34.6. The summed E-state index contributed by atoms with van der Waals surface area (Å²) in [6.45, 7) is 24.7. The van der Waals surface area contributed by atoms with Crippen molar-refractivity contribution in [2.45, 2.75) is 260 Å². The van der Waals surface area contributed by atoms with E-state index < -0.39 is 32.3 Å². The van der Waals surface area contributed by atoms with Gasteiger partial charge in [-0.05, 0) is 223 Å². The van der Waals surface area contributed by atoms with Gasteiger partial charge in [0, 0.05) is 171 Å². The molecule has 0 aromatic carbocycles. The average molecular weight is 2160 g/mol. The maximum Gasteiger partial charge on any atom is 0.181 e. The molecule has 18 heterocycles. The average Bonchev–Trinajstić information content (AvgIpc) is 1.59. The van der Waals surface area contributed by atoms with Gasteiger partial charge in [0.1, 0.15) is 0 Å². The fourth-order valence-corrected chi connectivity index (χ4v) is 66.7. The molecule has 0 aliphatic heterocycles. The summed E-state index contributed by atoms with van der Waals surface area (Å²) < 4.78 is 18.6. The molecule has 0 aliphatic carbocycles. The van der Waals surface area contributed by atoms with Crippen molar-refractivity contribution in [3.05, 3.63) is 248 Å². The number of hydrogen-bond donors (Lipinski definition) is 0. The van der Waals surface area contributed by atoms with E-state index >= 15 is 0 Å². The molecule has 134 heavy (non-hydrogen) atoms. The van der Waals surface area contributed by atoms with Crippen molar-refractivity contribution in [3.63, 3.8) is 0 Å². The summed E-state index contributed by atoms with van der Waals surface area (Å²) in [7, 11) is -10.3. The maximum atomic E-state index is 2.73. The summed E-state index contributed by atoms with van der Waals surface area (Å²) in [6, 6.07) is 89.8. The van der Waals surface area contributed by atoms with Gasteiger partial charge in [-0.2, -0.15) is 0 Å². The van der Waals surface area contributed by atoms with Crippen LogP contribution in [0.4, 0.5) is 0 Å². The minimum absolute atomic E-state index is 1.18. The molecule has 0 fully saturated rings. The Morgan fingerprint density at radius 2 is 0.231 bits per heavy atom. The first-order valence-electron chi connectivity index (χ1n) is 49.4. The van der Waals surface area contributed by atoms with E-state index in [0.717, 1.165) is 0 Å². The topological polar surface area (TPSA) is 0 Å². The van der Waals surface area contributed by atoms with Crippen LogP contribution >= 0.6 is 204 Å². The Labute approximate surface area is 875 Å². The normalized spacial score (nSPS) is 12.4. The first-order valence-corrected chi connectivity index (χ1v) is 74.1. The third-order valence-corrected chi connectivity index (χ3v) is 78.6. The highest BCUT2D eigenvalue weighted by molar-refractivity contribution is 7.52. The Morgan fingerprint density at radius 3 is 0.343 bits per heavy atom. The van der Waals surface area contributed by atoms with E-state index in [9.17, 15) is 0 Å². The van der Waals surface area contributed by atoms with Crippen LogP contribution in [0.1, 0.15) is 225 Å². The summed E-state index contributed by atoms with van der Waals surface area (Å²) in [5.74, 6) is 0. The molecule has 0 saturated heterocycles. The van der Waals surface area contributed by atoms with Gasteiger partial charge in [0.25, 0.3) is 0 Å². The van der Waals surface area contributed by atoms with Crippen molar-refractivity contribution < 1.29 is 0 Å². The predicted octanol–water partition coefficient (Wildman–Crippen LogP) is 34.9. The molecular weight excluding hydrogens is 2030 g/mol. The molecule has 0 aliphatic rings. The molecule has 698 valence electrons. The van der Waals surface area contributed by atoms with Crippen molar-refractivity contribution in [1.82, 2.24) is 0 Å². The molecule has 18 aromatic rings. The highest BCUT2D eigenvalue weighted by Crippen LogP contribution is 2.44. The third kappa shape index (κ3) is 22.4. The molecule has 0 unspecified atom stereocenters. The largest absolute Gasteiger partial charge is 0.181 e. The first-order chi connectivity index (χ1) is 65.6. The number of unbranched alkanes of at least 4 members (excludes halogenated alkanes) is 18. The van der Waals surface area contributed by atoms with E-state index in [1.807, 2.05) is 68.0 Å². The van der Waals surface area contributed by atoms with Gasteiger partial charge >= 0.3 is 0 Å². The van der Waals surface area contributed by atoms with E-state index in [1.165, 1.54) is 323 Å². The molecule has 18 aromatic heterocycles. The van der Waals surface area contributed by atoms with E-state index in [1.54, 1.807) is 40.5 Å². The Hall–Kier alpha value is -4.53. The molecule has 0 spiro atoms. The lowest BCUT2D eigenvalue weighted by Gasteiger charge is -2.24. The minimum atomic E-state index is -2.74. The molecule has 0 amide bonds. The molecule has 18 rings (SSSR count).